The van der Waals surface area contributed by atoms with Crippen molar-refractivity contribution in [2.45, 2.75) is 24.4 Å². The average molecular weight is 406 g/mol. The molecule has 1 aliphatic carbocycles. The molecule has 0 bridgehead atoms. The van der Waals surface area contributed by atoms with E-state index < -0.39 is 0 Å². The SMILES string of the molecule is O=C(Nc1ccc(-c2ccccc2)cc1)NC1CC2(C1)c1ccccc1-c1cncn12. The maximum absolute atomic E-state index is 12.6. The Morgan fingerprint density at radius 2 is 1.61 bits per heavy atom. The summed E-state index contributed by atoms with van der Waals surface area (Å²) in [6, 6.07) is 26.6. The molecule has 3 aromatic carbocycles. The maximum atomic E-state index is 12.6. The van der Waals surface area contributed by atoms with Crippen molar-refractivity contribution in [3.63, 3.8) is 0 Å². The molecule has 1 fully saturated rings. The van der Waals surface area contributed by atoms with Gasteiger partial charge in [0.05, 0.1) is 23.8 Å². The predicted molar refractivity (Wildman–Crippen MR) is 122 cm³/mol. The zero-order chi connectivity index (χ0) is 20.8. The van der Waals surface area contributed by atoms with Crippen LogP contribution >= 0.6 is 0 Å². The van der Waals surface area contributed by atoms with Gasteiger partial charge in [0.2, 0.25) is 0 Å². The van der Waals surface area contributed by atoms with Crippen molar-refractivity contribution in [3.8, 4) is 22.4 Å². The fourth-order valence-corrected chi connectivity index (χ4v) is 5.08. The Morgan fingerprint density at radius 3 is 2.42 bits per heavy atom. The molecule has 5 heteroatoms. The summed E-state index contributed by atoms with van der Waals surface area (Å²) < 4.78 is 2.27. The molecule has 0 atom stereocenters. The largest absolute Gasteiger partial charge is 0.335 e. The quantitative estimate of drug-likeness (QED) is 0.488. The van der Waals surface area contributed by atoms with Gasteiger partial charge in [-0.1, -0.05) is 66.7 Å². The predicted octanol–water partition coefficient (Wildman–Crippen LogP) is 5.26. The number of nitrogens with zero attached hydrogens (tertiary/aromatic N) is 2. The minimum absolute atomic E-state index is 0.0856. The first-order chi connectivity index (χ1) is 15.2. The van der Waals surface area contributed by atoms with Crippen LogP contribution in [0.15, 0.2) is 91.4 Å². The minimum atomic E-state index is -0.163. The third-order valence-corrected chi connectivity index (χ3v) is 6.56. The molecule has 1 saturated carbocycles. The molecule has 2 heterocycles. The highest BCUT2D eigenvalue weighted by atomic mass is 16.2. The number of benzene rings is 3. The number of fused-ring (bicyclic) bond motifs is 5. The van der Waals surface area contributed by atoms with Crippen LogP contribution in [0.1, 0.15) is 18.4 Å². The summed E-state index contributed by atoms with van der Waals surface area (Å²) in [6.45, 7) is 0. The molecule has 6 rings (SSSR count). The molecular formula is C26H22N4O. The van der Waals surface area contributed by atoms with Crippen molar-refractivity contribution in [2.75, 3.05) is 5.32 Å². The normalized spacial score (nSPS) is 20.6. The first kappa shape index (κ1) is 18.0. The summed E-state index contributed by atoms with van der Waals surface area (Å²) in [7, 11) is 0. The molecule has 0 radical (unpaired) electrons. The molecule has 1 spiro atoms. The minimum Gasteiger partial charge on any atom is -0.335 e. The van der Waals surface area contributed by atoms with Gasteiger partial charge in [-0.15, -0.1) is 0 Å². The van der Waals surface area contributed by atoms with Crippen LogP contribution < -0.4 is 10.6 Å². The van der Waals surface area contributed by atoms with Crippen LogP contribution in [0.5, 0.6) is 0 Å². The number of anilines is 1. The summed E-state index contributed by atoms with van der Waals surface area (Å²) in [6.07, 6.45) is 5.58. The molecule has 0 saturated heterocycles. The highest BCUT2D eigenvalue weighted by Crippen LogP contribution is 2.54. The number of carbonyl (C=O) groups excluding carboxylic acids is 1. The van der Waals surface area contributed by atoms with E-state index in [9.17, 15) is 4.79 Å². The molecular weight excluding hydrogens is 384 g/mol. The van der Waals surface area contributed by atoms with Gasteiger partial charge in [-0.25, -0.2) is 9.78 Å². The van der Waals surface area contributed by atoms with E-state index in [0.717, 1.165) is 35.3 Å². The lowest BCUT2D eigenvalue weighted by atomic mass is 9.68. The fraction of sp³-hybridized carbons (Fsp3) is 0.154. The topological polar surface area (TPSA) is 59.0 Å². The van der Waals surface area contributed by atoms with E-state index in [4.69, 9.17) is 0 Å². The summed E-state index contributed by atoms with van der Waals surface area (Å²) >= 11 is 0. The van der Waals surface area contributed by atoms with Gasteiger partial charge in [0, 0.05) is 17.3 Å². The van der Waals surface area contributed by atoms with E-state index >= 15 is 0 Å². The zero-order valence-corrected chi connectivity index (χ0v) is 17.0. The maximum Gasteiger partial charge on any atom is 0.319 e. The summed E-state index contributed by atoms with van der Waals surface area (Å²) in [5, 5.41) is 6.10. The number of nitrogens with one attached hydrogen (secondary N) is 2. The number of urea groups is 1. The van der Waals surface area contributed by atoms with Gasteiger partial charge >= 0.3 is 6.03 Å². The van der Waals surface area contributed by atoms with Crippen molar-refractivity contribution in [1.29, 1.82) is 0 Å². The van der Waals surface area contributed by atoms with Crippen LogP contribution in [0.25, 0.3) is 22.4 Å². The van der Waals surface area contributed by atoms with Crippen LogP contribution in [0.2, 0.25) is 0 Å². The van der Waals surface area contributed by atoms with Crippen LogP contribution in [0.4, 0.5) is 10.5 Å². The summed E-state index contributed by atoms with van der Waals surface area (Å²) in [5.41, 5.74) is 6.74. The molecule has 1 aromatic heterocycles. The van der Waals surface area contributed by atoms with E-state index in [1.54, 1.807) is 0 Å². The van der Waals surface area contributed by atoms with Crippen molar-refractivity contribution >= 4 is 11.7 Å². The van der Waals surface area contributed by atoms with Gasteiger partial charge in [-0.05, 0) is 41.7 Å². The van der Waals surface area contributed by atoms with Gasteiger partial charge in [0.25, 0.3) is 0 Å². The lowest BCUT2D eigenvalue weighted by molar-refractivity contribution is 0.149. The van der Waals surface area contributed by atoms with Gasteiger partial charge < -0.3 is 15.2 Å². The van der Waals surface area contributed by atoms with Gasteiger partial charge in [0.15, 0.2) is 0 Å². The van der Waals surface area contributed by atoms with Crippen LogP contribution in [-0.4, -0.2) is 21.6 Å². The molecule has 0 unspecified atom stereocenters. The van der Waals surface area contributed by atoms with E-state index in [1.807, 2.05) is 55.0 Å². The van der Waals surface area contributed by atoms with E-state index in [2.05, 4.69) is 56.6 Å². The Labute approximate surface area is 180 Å². The molecule has 2 amide bonds. The average Bonchev–Trinajstić information content (AvgIpc) is 3.36. The second-order valence-electron chi connectivity index (χ2n) is 8.37. The number of rotatable bonds is 3. The Balaban J connectivity index is 1.12. The number of aromatic nitrogens is 2. The number of hydrogen-bond acceptors (Lipinski definition) is 2. The van der Waals surface area contributed by atoms with Crippen LogP contribution in [-0.2, 0) is 5.54 Å². The van der Waals surface area contributed by atoms with Crippen molar-refractivity contribution in [3.05, 3.63) is 97.0 Å². The van der Waals surface area contributed by atoms with Crippen LogP contribution in [0, 0.1) is 0 Å². The molecule has 2 N–H and O–H groups in total. The second-order valence-corrected chi connectivity index (χ2v) is 8.37. The third-order valence-electron chi connectivity index (χ3n) is 6.56. The monoisotopic (exact) mass is 406 g/mol. The molecule has 31 heavy (non-hydrogen) atoms. The molecule has 2 aliphatic rings. The van der Waals surface area contributed by atoms with Crippen molar-refractivity contribution in [2.24, 2.45) is 0 Å². The number of amides is 2. The molecule has 1 aliphatic heterocycles. The van der Waals surface area contributed by atoms with Crippen LogP contribution in [0.3, 0.4) is 0 Å². The number of hydrogen-bond donors (Lipinski definition) is 2. The number of carbonyl (C=O) groups is 1. The molecule has 152 valence electrons. The molecule has 5 nitrogen and oxygen atoms in total. The van der Waals surface area contributed by atoms with E-state index in [1.165, 1.54) is 11.1 Å². The first-order valence-corrected chi connectivity index (χ1v) is 10.6. The van der Waals surface area contributed by atoms with E-state index in [-0.39, 0.29) is 17.6 Å². The standard InChI is InChI=1S/C26H22N4O/c31-25(28-20-12-10-19(11-13-20)18-6-2-1-3-7-18)29-21-14-26(15-21)23-9-5-4-8-22(23)24-16-27-17-30(24)26/h1-13,16-17,21H,14-15H2,(H2,28,29,31). The first-order valence-electron chi connectivity index (χ1n) is 10.6. The fourth-order valence-electron chi connectivity index (χ4n) is 5.08. The highest BCUT2D eigenvalue weighted by Gasteiger charge is 2.52. The highest BCUT2D eigenvalue weighted by molar-refractivity contribution is 5.90. The number of imidazole rings is 1. The Morgan fingerprint density at radius 1 is 0.903 bits per heavy atom. The van der Waals surface area contributed by atoms with Crippen molar-refractivity contribution in [1.82, 2.24) is 14.9 Å². The lowest BCUT2D eigenvalue weighted by Gasteiger charge is -2.47. The molecule has 4 aromatic rings. The van der Waals surface area contributed by atoms with Gasteiger partial charge in [-0.2, -0.15) is 0 Å². The van der Waals surface area contributed by atoms with E-state index in [0.29, 0.717) is 0 Å². The Bertz CT molecular complexity index is 1250. The Hall–Kier alpha value is -3.86. The summed E-state index contributed by atoms with van der Waals surface area (Å²) in [5.74, 6) is 0. The van der Waals surface area contributed by atoms with Gasteiger partial charge in [0.1, 0.15) is 0 Å². The van der Waals surface area contributed by atoms with Crippen molar-refractivity contribution < 1.29 is 4.79 Å². The Kier molecular flexibility index (Phi) is 3.96. The summed E-state index contributed by atoms with van der Waals surface area (Å²) in [4.78, 5) is 16.9. The lowest BCUT2D eigenvalue weighted by Crippen LogP contribution is -2.56. The third kappa shape index (κ3) is 2.85. The second kappa shape index (κ2) is 6.84. The van der Waals surface area contributed by atoms with Gasteiger partial charge in [-0.3, -0.25) is 0 Å². The smallest absolute Gasteiger partial charge is 0.319 e. The zero-order valence-electron chi connectivity index (χ0n) is 17.0.